The lowest BCUT2D eigenvalue weighted by molar-refractivity contribution is 0.439. The van der Waals surface area contributed by atoms with Crippen molar-refractivity contribution in [1.82, 2.24) is 5.16 Å². The van der Waals surface area contributed by atoms with Crippen molar-refractivity contribution in [2.75, 3.05) is 5.73 Å². The predicted molar refractivity (Wildman–Crippen MR) is 76.4 cm³/mol. The van der Waals surface area contributed by atoms with Gasteiger partial charge >= 0.3 is 0 Å². The van der Waals surface area contributed by atoms with E-state index in [1.54, 1.807) is 0 Å². The zero-order valence-corrected chi connectivity index (χ0v) is 11.2. The van der Waals surface area contributed by atoms with E-state index in [1.165, 1.54) is 12.1 Å². The van der Waals surface area contributed by atoms with Gasteiger partial charge in [-0.1, -0.05) is 35.0 Å². The third kappa shape index (κ3) is 2.38. The molecular formula is C16H12F2N2O. The molecule has 0 aliphatic carbocycles. The fraction of sp³-hybridized carbons (Fsp3) is 0.0625. The van der Waals surface area contributed by atoms with E-state index in [0.717, 1.165) is 17.2 Å². The second-order valence-electron chi connectivity index (χ2n) is 4.76. The van der Waals surface area contributed by atoms with Crippen LogP contribution in [0.15, 0.2) is 47.0 Å². The molecule has 0 unspecified atom stereocenters. The Kier molecular flexibility index (Phi) is 3.17. The van der Waals surface area contributed by atoms with E-state index < -0.39 is 11.6 Å². The molecule has 0 bridgehead atoms. The molecule has 0 saturated heterocycles. The summed E-state index contributed by atoms with van der Waals surface area (Å²) in [7, 11) is 0. The minimum atomic E-state index is -0.710. The average molecular weight is 286 g/mol. The van der Waals surface area contributed by atoms with Crippen molar-refractivity contribution in [3.05, 3.63) is 59.7 Å². The molecule has 1 heterocycles. The lowest BCUT2D eigenvalue weighted by Gasteiger charge is -2.05. The monoisotopic (exact) mass is 286 g/mol. The van der Waals surface area contributed by atoms with E-state index in [1.807, 2.05) is 31.2 Å². The molecule has 0 saturated carbocycles. The Bertz CT molecular complexity index is 795. The molecular weight excluding hydrogens is 274 g/mol. The van der Waals surface area contributed by atoms with Crippen molar-refractivity contribution in [3.8, 4) is 22.4 Å². The van der Waals surface area contributed by atoms with E-state index in [9.17, 15) is 8.78 Å². The first-order valence-corrected chi connectivity index (χ1v) is 6.34. The Morgan fingerprint density at radius 3 is 2.43 bits per heavy atom. The van der Waals surface area contributed by atoms with Crippen molar-refractivity contribution < 1.29 is 13.3 Å². The first-order valence-electron chi connectivity index (χ1n) is 6.34. The Morgan fingerprint density at radius 2 is 1.76 bits per heavy atom. The average Bonchev–Trinajstić information content (AvgIpc) is 2.82. The molecule has 0 aliphatic rings. The SMILES string of the molecule is Cc1ccc(-c2noc(N)c2-c2ccc(F)cc2F)cc1. The van der Waals surface area contributed by atoms with E-state index in [0.29, 0.717) is 11.3 Å². The summed E-state index contributed by atoms with van der Waals surface area (Å²) in [5.74, 6) is -1.36. The maximum absolute atomic E-state index is 14.0. The number of aromatic nitrogens is 1. The Morgan fingerprint density at radius 1 is 1.05 bits per heavy atom. The van der Waals surface area contributed by atoms with E-state index in [2.05, 4.69) is 5.16 Å². The lowest BCUT2D eigenvalue weighted by atomic mass is 10.00. The van der Waals surface area contributed by atoms with Crippen LogP contribution in [-0.4, -0.2) is 5.16 Å². The Hall–Kier alpha value is -2.69. The van der Waals surface area contributed by atoms with Crippen LogP contribution in [0.3, 0.4) is 0 Å². The van der Waals surface area contributed by atoms with E-state index >= 15 is 0 Å². The van der Waals surface area contributed by atoms with Gasteiger partial charge in [0.1, 0.15) is 17.3 Å². The van der Waals surface area contributed by atoms with Crippen molar-refractivity contribution in [1.29, 1.82) is 0 Å². The number of hydrogen-bond donors (Lipinski definition) is 1. The molecule has 0 spiro atoms. The van der Waals surface area contributed by atoms with Crippen LogP contribution in [0.5, 0.6) is 0 Å². The minimum Gasteiger partial charge on any atom is -0.367 e. The number of nitrogens with zero attached hydrogens (tertiary/aromatic N) is 1. The molecule has 3 aromatic rings. The number of rotatable bonds is 2. The Balaban J connectivity index is 2.19. The summed E-state index contributed by atoms with van der Waals surface area (Å²) in [5.41, 5.74) is 8.51. The summed E-state index contributed by atoms with van der Waals surface area (Å²) in [4.78, 5) is 0. The van der Waals surface area contributed by atoms with Gasteiger partial charge in [0, 0.05) is 17.2 Å². The summed E-state index contributed by atoms with van der Waals surface area (Å²) in [6, 6.07) is 10.8. The molecule has 3 nitrogen and oxygen atoms in total. The van der Waals surface area contributed by atoms with Gasteiger partial charge in [0.25, 0.3) is 0 Å². The standard InChI is InChI=1S/C16H12F2N2O/c1-9-2-4-10(5-3-9)15-14(16(19)21-20-15)12-7-6-11(17)8-13(12)18/h2-8H,19H2,1H3. The summed E-state index contributed by atoms with van der Waals surface area (Å²) in [6.07, 6.45) is 0. The number of nitrogen functional groups attached to an aromatic ring is 1. The van der Waals surface area contributed by atoms with Crippen LogP contribution in [0.25, 0.3) is 22.4 Å². The molecule has 2 N–H and O–H groups in total. The smallest absolute Gasteiger partial charge is 0.230 e. The van der Waals surface area contributed by atoms with Gasteiger partial charge in [-0.2, -0.15) is 0 Å². The third-order valence-corrected chi connectivity index (χ3v) is 3.24. The van der Waals surface area contributed by atoms with Gasteiger partial charge in [-0.3, -0.25) is 0 Å². The molecule has 1 aromatic heterocycles. The number of halogens is 2. The third-order valence-electron chi connectivity index (χ3n) is 3.24. The maximum atomic E-state index is 14.0. The van der Waals surface area contributed by atoms with E-state index in [-0.39, 0.29) is 11.4 Å². The van der Waals surface area contributed by atoms with Gasteiger partial charge in [-0.05, 0) is 19.1 Å². The van der Waals surface area contributed by atoms with Crippen molar-refractivity contribution in [3.63, 3.8) is 0 Å². The molecule has 2 aromatic carbocycles. The molecule has 5 heteroatoms. The first kappa shape index (κ1) is 13.3. The largest absolute Gasteiger partial charge is 0.367 e. The van der Waals surface area contributed by atoms with Crippen LogP contribution in [0.2, 0.25) is 0 Å². The Labute approximate surface area is 120 Å². The highest BCUT2D eigenvalue weighted by atomic mass is 19.1. The number of anilines is 1. The first-order chi connectivity index (χ1) is 10.1. The molecule has 0 amide bonds. The number of aryl methyl sites for hydroxylation is 1. The van der Waals surface area contributed by atoms with Crippen LogP contribution >= 0.6 is 0 Å². The summed E-state index contributed by atoms with van der Waals surface area (Å²) < 4.78 is 32.0. The van der Waals surface area contributed by atoms with Gasteiger partial charge in [0.05, 0.1) is 5.56 Å². The van der Waals surface area contributed by atoms with Crippen molar-refractivity contribution in [2.24, 2.45) is 0 Å². The van der Waals surface area contributed by atoms with Gasteiger partial charge < -0.3 is 10.3 Å². The molecule has 0 radical (unpaired) electrons. The molecule has 0 fully saturated rings. The van der Waals surface area contributed by atoms with Gasteiger partial charge in [-0.25, -0.2) is 8.78 Å². The number of benzene rings is 2. The van der Waals surface area contributed by atoms with Crippen molar-refractivity contribution >= 4 is 5.88 Å². The molecule has 0 aliphatic heterocycles. The fourth-order valence-electron chi connectivity index (χ4n) is 2.16. The van der Waals surface area contributed by atoms with Crippen LogP contribution in [0.4, 0.5) is 14.7 Å². The van der Waals surface area contributed by atoms with E-state index in [4.69, 9.17) is 10.3 Å². The fourth-order valence-corrected chi connectivity index (χ4v) is 2.16. The second-order valence-corrected chi connectivity index (χ2v) is 4.76. The van der Waals surface area contributed by atoms with Crippen LogP contribution in [0, 0.1) is 18.6 Å². The predicted octanol–water partition coefficient (Wildman–Crippen LogP) is 4.18. The highest BCUT2D eigenvalue weighted by molar-refractivity contribution is 5.87. The molecule has 21 heavy (non-hydrogen) atoms. The number of hydrogen-bond acceptors (Lipinski definition) is 3. The quantitative estimate of drug-likeness (QED) is 0.769. The zero-order chi connectivity index (χ0) is 15.0. The normalized spacial score (nSPS) is 10.8. The topological polar surface area (TPSA) is 52.0 Å². The second kappa shape index (κ2) is 5.01. The van der Waals surface area contributed by atoms with Crippen LogP contribution in [0.1, 0.15) is 5.56 Å². The molecule has 3 rings (SSSR count). The van der Waals surface area contributed by atoms with Gasteiger partial charge in [0.15, 0.2) is 0 Å². The molecule has 106 valence electrons. The van der Waals surface area contributed by atoms with Crippen LogP contribution < -0.4 is 5.73 Å². The highest BCUT2D eigenvalue weighted by Gasteiger charge is 2.20. The molecule has 0 atom stereocenters. The maximum Gasteiger partial charge on any atom is 0.230 e. The summed E-state index contributed by atoms with van der Waals surface area (Å²) >= 11 is 0. The lowest BCUT2D eigenvalue weighted by Crippen LogP contribution is -1.92. The van der Waals surface area contributed by atoms with Crippen molar-refractivity contribution in [2.45, 2.75) is 6.92 Å². The number of nitrogens with two attached hydrogens (primary N) is 1. The van der Waals surface area contributed by atoms with Gasteiger partial charge in [-0.15, -0.1) is 0 Å². The van der Waals surface area contributed by atoms with Crippen LogP contribution in [-0.2, 0) is 0 Å². The summed E-state index contributed by atoms with van der Waals surface area (Å²) in [6.45, 7) is 1.96. The minimum absolute atomic E-state index is 0.00363. The van der Waals surface area contributed by atoms with Gasteiger partial charge in [0.2, 0.25) is 5.88 Å². The summed E-state index contributed by atoms with van der Waals surface area (Å²) in [5, 5.41) is 3.90. The zero-order valence-electron chi connectivity index (χ0n) is 11.2. The highest BCUT2D eigenvalue weighted by Crippen LogP contribution is 2.37.